The lowest BCUT2D eigenvalue weighted by molar-refractivity contribution is -0.123. The van der Waals surface area contributed by atoms with E-state index in [1.165, 1.54) is 5.56 Å². The van der Waals surface area contributed by atoms with E-state index < -0.39 is 0 Å². The summed E-state index contributed by atoms with van der Waals surface area (Å²) in [5.41, 5.74) is 1.31. The van der Waals surface area contributed by atoms with Crippen LogP contribution in [0.5, 0.6) is 0 Å². The third-order valence-electron chi connectivity index (χ3n) is 3.98. The van der Waals surface area contributed by atoms with Gasteiger partial charge in [-0.3, -0.25) is 4.79 Å². The van der Waals surface area contributed by atoms with Crippen LogP contribution in [0.15, 0.2) is 42.7 Å². The highest BCUT2D eigenvalue weighted by Crippen LogP contribution is 2.15. The molecule has 5 heteroatoms. The fourth-order valence-corrected chi connectivity index (χ4v) is 3.49. The molecule has 0 fully saturated rings. The van der Waals surface area contributed by atoms with Crippen molar-refractivity contribution in [3.05, 3.63) is 54.1 Å². The summed E-state index contributed by atoms with van der Waals surface area (Å²) in [4.78, 5) is 16.3. The number of aryl methyl sites for hydroxylation is 2. The number of benzene rings is 1. The van der Waals surface area contributed by atoms with Gasteiger partial charge in [0, 0.05) is 42.9 Å². The molecule has 24 heavy (non-hydrogen) atoms. The lowest BCUT2D eigenvalue weighted by Crippen LogP contribution is -2.31. The number of imidazole rings is 1. The first-order chi connectivity index (χ1) is 11.7. The second-order valence-electron chi connectivity index (χ2n) is 6.07. The van der Waals surface area contributed by atoms with Crippen molar-refractivity contribution in [1.82, 2.24) is 14.9 Å². The van der Waals surface area contributed by atoms with Gasteiger partial charge in [0.15, 0.2) is 0 Å². The molecule has 4 nitrogen and oxygen atoms in total. The number of unbranched alkanes of at least 4 members (excludes halogenated alkanes) is 1. The number of nitrogens with zero attached hydrogens (tertiary/aromatic N) is 2. The van der Waals surface area contributed by atoms with E-state index in [-0.39, 0.29) is 11.8 Å². The van der Waals surface area contributed by atoms with Crippen LogP contribution in [0.25, 0.3) is 0 Å². The Bertz CT molecular complexity index is 612. The first-order valence-electron chi connectivity index (χ1n) is 8.54. The van der Waals surface area contributed by atoms with Crippen molar-refractivity contribution >= 4 is 17.7 Å². The molecule has 1 atom stereocenters. The summed E-state index contributed by atoms with van der Waals surface area (Å²) in [5, 5.41) is 3.05. The lowest BCUT2D eigenvalue weighted by Gasteiger charge is -2.12. The zero-order valence-electron chi connectivity index (χ0n) is 14.6. The molecule has 1 amide bonds. The number of nitrogens with one attached hydrogen (secondary N) is 1. The maximum absolute atomic E-state index is 12.1. The number of hydrogen-bond donors (Lipinski definition) is 1. The zero-order valence-corrected chi connectivity index (χ0v) is 15.4. The number of aromatic nitrogens is 2. The van der Waals surface area contributed by atoms with Crippen LogP contribution in [0.3, 0.4) is 0 Å². The van der Waals surface area contributed by atoms with Crippen LogP contribution in [0.1, 0.15) is 31.2 Å². The van der Waals surface area contributed by atoms with Gasteiger partial charge in [-0.05, 0) is 25.3 Å². The van der Waals surface area contributed by atoms with Gasteiger partial charge in [-0.1, -0.05) is 37.3 Å². The third kappa shape index (κ3) is 6.40. The predicted octanol–water partition coefficient (Wildman–Crippen LogP) is 3.66. The summed E-state index contributed by atoms with van der Waals surface area (Å²) < 4.78 is 2.14. The topological polar surface area (TPSA) is 46.9 Å². The average molecular weight is 346 g/mol. The summed E-state index contributed by atoms with van der Waals surface area (Å²) in [7, 11) is 0. The quantitative estimate of drug-likeness (QED) is 0.669. The van der Waals surface area contributed by atoms with Gasteiger partial charge >= 0.3 is 0 Å². The van der Waals surface area contributed by atoms with Crippen molar-refractivity contribution in [2.45, 2.75) is 39.0 Å². The van der Waals surface area contributed by atoms with Crippen LogP contribution in [-0.2, 0) is 17.1 Å². The molecular weight excluding hydrogens is 318 g/mol. The number of hydrogen-bond acceptors (Lipinski definition) is 3. The molecule has 0 saturated carbocycles. The normalized spacial score (nSPS) is 12.1. The number of thioether (sulfide) groups is 1. The van der Waals surface area contributed by atoms with Crippen molar-refractivity contribution in [2.75, 3.05) is 12.3 Å². The monoisotopic (exact) mass is 345 g/mol. The fraction of sp³-hybridized carbons (Fsp3) is 0.474. The second-order valence-corrected chi connectivity index (χ2v) is 7.10. The number of rotatable bonds is 10. The molecule has 0 aliphatic heterocycles. The van der Waals surface area contributed by atoms with Gasteiger partial charge in [0.05, 0.1) is 0 Å². The lowest BCUT2D eigenvalue weighted by atomic mass is 10.2. The molecule has 1 heterocycles. The first kappa shape index (κ1) is 18.6. The highest BCUT2D eigenvalue weighted by atomic mass is 32.2. The highest BCUT2D eigenvalue weighted by Gasteiger charge is 2.12. The molecule has 2 rings (SSSR count). The summed E-state index contributed by atoms with van der Waals surface area (Å²) in [5.74, 6) is 3.07. The Labute approximate surface area is 149 Å². The minimum absolute atomic E-state index is 0.0506. The van der Waals surface area contributed by atoms with Gasteiger partial charge in [0.1, 0.15) is 5.82 Å². The Balaban J connectivity index is 1.54. The van der Waals surface area contributed by atoms with Crippen molar-refractivity contribution < 1.29 is 4.79 Å². The Morgan fingerprint density at radius 1 is 1.29 bits per heavy atom. The van der Waals surface area contributed by atoms with Crippen LogP contribution in [0.4, 0.5) is 0 Å². The van der Waals surface area contributed by atoms with Crippen LogP contribution in [-0.4, -0.2) is 27.8 Å². The van der Waals surface area contributed by atoms with Gasteiger partial charge in [-0.25, -0.2) is 4.98 Å². The number of carbonyl (C=O) groups is 1. The zero-order chi connectivity index (χ0) is 17.2. The molecule has 1 N–H and O–H groups in total. The van der Waals surface area contributed by atoms with E-state index >= 15 is 0 Å². The predicted molar refractivity (Wildman–Crippen MR) is 101 cm³/mol. The molecule has 130 valence electrons. The molecule has 0 radical (unpaired) electrons. The highest BCUT2D eigenvalue weighted by molar-refractivity contribution is 7.98. The minimum atomic E-state index is 0.0506. The number of amides is 1. The summed E-state index contributed by atoms with van der Waals surface area (Å²) in [6, 6.07) is 10.4. The van der Waals surface area contributed by atoms with E-state index in [4.69, 9.17) is 0 Å². The van der Waals surface area contributed by atoms with E-state index in [0.717, 1.165) is 43.3 Å². The Kier molecular flexibility index (Phi) is 7.89. The third-order valence-corrected chi connectivity index (χ3v) is 5.25. The maximum atomic E-state index is 12.1. The molecule has 1 aromatic carbocycles. The van der Waals surface area contributed by atoms with Crippen molar-refractivity contribution in [3.8, 4) is 0 Å². The van der Waals surface area contributed by atoms with Gasteiger partial charge < -0.3 is 9.88 Å². The van der Waals surface area contributed by atoms with Crippen molar-refractivity contribution in [3.63, 3.8) is 0 Å². The van der Waals surface area contributed by atoms with Crippen molar-refractivity contribution in [2.24, 2.45) is 5.92 Å². The standard InChI is InChI=1S/C19H27N3OS/c1-16(14-24-15-18-8-4-3-5-9-18)19(23)21-10-6-7-12-22-13-11-20-17(22)2/h3-5,8-9,11,13,16H,6-7,10,12,14-15H2,1-2H3,(H,21,23)/t16-/m0/s1. The van der Waals surface area contributed by atoms with E-state index in [1.54, 1.807) is 0 Å². The SMILES string of the molecule is Cc1nccn1CCCCNC(=O)[C@@H](C)CSCc1ccccc1. The maximum Gasteiger partial charge on any atom is 0.223 e. The largest absolute Gasteiger partial charge is 0.356 e. The molecule has 0 aliphatic rings. The van der Waals surface area contributed by atoms with E-state index in [1.807, 2.05) is 44.1 Å². The summed E-state index contributed by atoms with van der Waals surface area (Å²) in [6.45, 7) is 5.73. The molecule has 1 aromatic heterocycles. The first-order valence-corrected chi connectivity index (χ1v) is 9.69. The fourth-order valence-electron chi connectivity index (χ4n) is 2.44. The average Bonchev–Trinajstić information content (AvgIpc) is 3.00. The molecule has 0 aliphatic carbocycles. The van der Waals surface area contributed by atoms with E-state index in [2.05, 4.69) is 39.1 Å². The smallest absolute Gasteiger partial charge is 0.223 e. The molecule has 0 bridgehead atoms. The Hall–Kier alpha value is -1.75. The van der Waals surface area contributed by atoms with Gasteiger partial charge in [-0.2, -0.15) is 11.8 Å². The van der Waals surface area contributed by atoms with E-state index in [0.29, 0.717) is 0 Å². The van der Waals surface area contributed by atoms with Gasteiger partial charge in [-0.15, -0.1) is 0 Å². The van der Waals surface area contributed by atoms with Crippen LogP contribution < -0.4 is 5.32 Å². The molecule has 2 aromatic rings. The van der Waals surface area contributed by atoms with Gasteiger partial charge in [0.25, 0.3) is 0 Å². The van der Waals surface area contributed by atoms with Crippen LogP contribution >= 0.6 is 11.8 Å². The minimum Gasteiger partial charge on any atom is -0.356 e. The van der Waals surface area contributed by atoms with Crippen LogP contribution in [0, 0.1) is 12.8 Å². The molecule has 0 spiro atoms. The Morgan fingerprint density at radius 3 is 2.79 bits per heavy atom. The molecule has 0 unspecified atom stereocenters. The van der Waals surface area contributed by atoms with Crippen LogP contribution in [0.2, 0.25) is 0 Å². The summed E-state index contributed by atoms with van der Waals surface area (Å²) in [6.07, 6.45) is 5.87. The molecular formula is C19H27N3OS. The number of carbonyl (C=O) groups excluding carboxylic acids is 1. The summed E-state index contributed by atoms with van der Waals surface area (Å²) >= 11 is 1.82. The van der Waals surface area contributed by atoms with Crippen molar-refractivity contribution in [1.29, 1.82) is 0 Å². The molecule has 0 saturated heterocycles. The Morgan fingerprint density at radius 2 is 2.08 bits per heavy atom. The van der Waals surface area contributed by atoms with E-state index in [9.17, 15) is 4.79 Å². The second kappa shape index (κ2) is 10.2. The van der Waals surface area contributed by atoms with Gasteiger partial charge in [0.2, 0.25) is 5.91 Å².